The van der Waals surface area contributed by atoms with E-state index in [2.05, 4.69) is 21.9 Å². The lowest BCUT2D eigenvalue weighted by atomic mass is 10.0. The minimum Gasteiger partial charge on any atom is -0.378 e. The zero-order chi connectivity index (χ0) is 28.1. The molecule has 208 valence electrons. The van der Waals surface area contributed by atoms with Crippen LogP contribution in [-0.2, 0) is 9.47 Å². The van der Waals surface area contributed by atoms with Crippen LogP contribution in [0.25, 0.3) is 11.1 Å². The molecule has 2 amide bonds. The maximum Gasteiger partial charge on any atom is 0.254 e. The molecule has 9 nitrogen and oxygen atoms in total. The number of aromatic amines is 1. The summed E-state index contributed by atoms with van der Waals surface area (Å²) in [5, 5.41) is 3.20. The lowest BCUT2D eigenvalue weighted by Gasteiger charge is -2.35. The largest absolute Gasteiger partial charge is 0.378 e. The molecule has 2 unspecified atom stereocenters. The second-order valence-electron chi connectivity index (χ2n) is 10.1. The summed E-state index contributed by atoms with van der Waals surface area (Å²) in [7, 11) is 0. The van der Waals surface area contributed by atoms with Crippen molar-refractivity contribution in [3.8, 4) is 11.1 Å². The fraction of sp³-hybridized carbons (Fsp3) is 0.323. The van der Waals surface area contributed by atoms with Crippen molar-refractivity contribution in [3.05, 3.63) is 95.9 Å². The van der Waals surface area contributed by atoms with Gasteiger partial charge in [-0.05, 0) is 67.9 Å². The van der Waals surface area contributed by atoms with Crippen LogP contribution in [0, 0.1) is 0 Å². The number of anilines is 1. The molecule has 3 aromatic rings. The van der Waals surface area contributed by atoms with Crippen LogP contribution in [0.1, 0.15) is 34.6 Å². The van der Waals surface area contributed by atoms with Crippen molar-refractivity contribution in [2.24, 2.45) is 4.99 Å². The lowest BCUT2D eigenvalue weighted by molar-refractivity contribution is -0.0586. The number of morpholine rings is 2. The molecule has 2 N–H and O–H groups in total. The highest BCUT2D eigenvalue weighted by molar-refractivity contribution is 5.95. The van der Waals surface area contributed by atoms with Crippen molar-refractivity contribution >= 4 is 17.5 Å². The Kier molecular flexibility index (Phi) is 8.42. The quantitative estimate of drug-likeness (QED) is 0.494. The Hall–Kier alpha value is -4.21. The Bertz CT molecular complexity index is 1420. The molecule has 0 saturated carbocycles. The normalized spacial score (nSPS) is 19.8. The molecule has 3 heterocycles. The summed E-state index contributed by atoms with van der Waals surface area (Å²) in [5.74, 6) is 0.454. The topological polar surface area (TPSA) is 99.3 Å². The van der Waals surface area contributed by atoms with Gasteiger partial charge in [0, 0.05) is 54.8 Å². The van der Waals surface area contributed by atoms with Gasteiger partial charge in [-0.15, -0.1) is 0 Å². The van der Waals surface area contributed by atoms with Gasteiger partial charge in [0.05, 0.1) is 25.4 Å². The third-order valence-electron chi connectivity index (χ3n) is 6.95. The predicted molar refractivity (Wildman–Crippen MR) is 154 cm³/mol. The summed E-state index contributed by atoms with van der Waals surface area (Å²) < 4.78 is 11.1. The van der Waals surface area contributed by atoms with Gasteiger partial charge in [0.2, 0.25) is 0 Å². The molecule has 2 aliphatic rings. The van der Waals surface area contributed by atoms with Gasteiger partial charge in [0.25, 0.3) is 11.8 Å². The van der Waals surface area contributed by atoms with E-state index in [1.54, 1.807) is 23.2 Å². The number of H-pyrrole nitrogens is 1. The first kappa shape index (κ1) is 27.4. The van der Waals surface area contributed by atoms with Gasteiger partial charge in [-0.25, -0.2) is 4.99 Å². The summed E-state index contributed by atoms with van der Waals surface area (Å²) in [4.78, 5) is 37.3. The zero-order valence-corrected chi connectivity index (χ0v) is 22.9. The van der Waals surface area contributed by atoms with Gasteiger partial charge in [0.15, 0.2) is 0 Å². The summed E-state index contributed by atoms with van der Waals surface area (Å²) in [6.07, 6.45) is 1.85. The summed E-state index contributed by atoms with van der Waals surface area (Å²) >= 11 is 0. The highest BCUT2D eigenvalue weighted by Crippen LogP contribution is 2.20. The van der Waals surface area contributed by atoms with Gasteiger partial charge >= 0.3 is 0 Å². The number of rotatable bonds is 6. The number of nitrogens with zero attached hydrogens (tertiary/aromatic N) is 3. The molecule has 0 bridgehead atoms. The first-order chi connectivity index (χ1) is 19.4. The number of nitrogens with one attached hydrogen (secondary N) is 2. The van der Waals surface area contributed by atoms with Crippen molar-refractivity contribution in [2.75, 3.05) is 44.7 Å². The molecular weight excluding hydrogens is 506 g/mol. The molecule has 2 fully saturated rings. The van der Waals surface area contributed by atoms with E-state index in [0.717, 1.165) is 16.8 Å². The smallest absolute Gasteiger partial charge is 0.254 e. The number of pyridine rings is 1. The Balaban J connectivity index is 1.27. The van der Waals surface area contributed by atoms with Gasteiger partial charge in [-0.2, -0.15) is 0 Å². The first-order valence-electron chi connectivity index (χ1n) is 13.6. The summed E-state index contributed by atoms with van der Waals surface area (Å²) in [6.45, 7) is 11.6. The van der Waals surface area contributed by atoms with E-state index in [0.29, 0.717) is 61.8 Å². The number of aromatic nitrogens is 1. The fourth-order valence-electron chi connectivity index (χ4n) is 5.05. The number of carbonyl (C=O) groups excluding carboxylic acids is 2. The van der Waals surface area contributed by atoms with Crippen LogP contribution in [0.4, 0.5) is 5.69 Å². The van der Waals surface area contributed by atoms with E-state index in [9.17, 15) is 9.59 Å². The number of amides is 2. The second kappa shape index (κ2) is 12.3. The zero-order valence-electron chi connectivity index (χ0n) is 22.9. The maximum absolute atomic E-state index is 13.1. The van der Waals surface area contributed by atoms with Crippen LogP contribution in [0.2, 0.25) is 0 Å². The van der Waals surface area contributed by atoms with E-state index in [1.165, 1.54) is 0 Å². The molecule has 2 atom stereocenters. The molecule has 40 heavy (non-hydrogen) atoms. The first-order valence-corrected chi connectivity index (χ1v) is 13.6. The van der Waals surface area contributed by atoms with Crippen molar-refractivity contribution < 1.29 is 19.1 Å². The van der Waals surface area contributed by atoms with Crippen LogP contribution >= 0.6 is 0 Å². The van der Waals surface area contributed by atoms with Crippen LogP contribution in [0.5, 0.6) is 0 Å². The molecule has 2 aliphatic heterocycles. The van der Waals surface area contributed by atoms with Crippen molar-refractivity contribution in [1.82, 2.24) is 14.8 Å². The van der Waals surface area contributed by atoms with Crippen LogP contribution in [-0.4, -0.2) is 78.2 Å². The van der Waals surface area contributed by atoms with Crippen LogP contribution in [0.3, 0.4) is 0 Å². The molecule has 0 spiro atoms. The fourth-order valence-corrected chi connectivity index (χ4v) is 5.05. The minimum atomic E-state index is 0.00340. The summed E-state index contributed by atoms with van der Waals surface area (Å²) in [5.41, 5.74) is 4.49. The molecule has 0 radical (unpaired) electrons. The van der Waals surface area contributed by atoms with Gasteiger partial charge < -0.3 is 29.6 Å². The number of hydrogen-bond donors (Lipinski definition) is 2. The molecule has 5 rings (SSSR count). The van der Waals surface area contributed by atoms with Crippen molar-refractivity contribution in [1.29, 1.82) is 0 Å². The number of hydrogen-bond acceptors (Lipinski definition) is 6. The molecule has 9 heteroatoms. The monoisotopic (exact) mass is 541 g/mol. The van der Waals surface area contributed by atoms with Crippen molar-refractivity contribution in [3.63, 3.8) is 0 Å². The Labute approximate surface area is 234 Å². The van der Waals surface area contributed by atoms with E-state index in [1.807, 2.05) is 67.3 Å². The highest BCUT2D eigenvalue weighted by atomic mass is 16.5. The van der Waals surface area contributed by atoms with Crippen LogP contribution in [0.15, 0.2) is 84.3 Å². The summed E-state index contributed by atoms with van der Waals surface area (Å²) in [6, 6.07) is 18.7. The maximum atomic E-state index is 13.1. The van der Waals surface area contributed by atoms with E-state index >= 15 is 0 Å². The highest BCUT2D eigenvalue weighted by Gasteiger charge is 2.26. The third kappa shape index (κ3) is 6.50. The van der Waals surface area contributed by atoms with Crippen LogP contribution < -0.4 is 10.8 Å². The van der Waals surface area contributed by atoms with Gasteiger partial charge in [-0.3, -0.25) is 9.59 Å². The number of benzene rings is 2. The Morgan fingerprint density at radius 1 is 0.900 bits per heavy atom. The SMILES string of the molecule is C=C(/N=c1\[nH]cccc1-c1ccc(C(=O)N2CC(C)OC(C)C2)cc1)Nc1ccc(C(=O)N2CCOCC2)cc1. The third-order valence-corrected chi connectivity index (χ3v) is 6.95. The second-order valence-corrected chi connectivity index (χ2v) is 10.1. The average Bonchev–Trinajstić information content (AvgIpc) is 2.97. The molecule has 1 aromatic heterocycles. The average molecular weight is 542 g/mol. The van der Waals surface area contributed by atoms with E-state index in [-0.39, 0.29) is 24.0 Å². The van der Waals surface area contributed by atoms with Gasteiger partial charge in [-0.1, -0.05) is 18.7 Å². The molecular formula is C31H35N5O4. The standard InChI is InChI=1S/C31H35N5O4/c1-21-19-36(20-22(2)40-21)31(38)25-8-6-24(7-9-25)28-5-4-14-32-29(28)34-23(3)33-27-12-10-26(11-13-27)30(37)35-15-17-39-18-16-35/h4-14,21-22,33H,3,15-20H2,1-2H3,(H,32,34). The number of ether oxygens (including phenoxy) is 2. The van der Waals surface area contributed by atoms with Crippen molar-refractivity contribution in [2.45, 2.75) is 26.1 Å². The Morgan fingerprint density at radius 2 is 1.50 bits per heavy atom. The minimum absolute atomic E-state index is 0.00340. The van der Waals surface area contributed by atoms with E-state index in [4.69, 9.17) is 9.47 Å². The molecule has 2 saturated heterocycles. The molecule has 0 aliphatic carbocycles. The molecule has 2 aromatic carbocycles. The van der Waals surface area contributed by atoms with Gasteiger partial charge in [0.1, 0.15) is 11.3 Å². The Morgan fingerprint density at radius 3 is 2.15 bits per heavy atom. The predicted octanol–water partition coefficient (Wildman–Crippen LogP) is 3.89. The van der Waals surface area contributed by atoms with E-state index < -0.39 is 0 Å². The lowest BCUT2D eigenvalue weighted by Crippen LogP contribution is -2.48. The number of carbonyl (C=O) groups is 2.